The minimum absolute atomic E-state index is 0.115. The van der Waals surface area contributed by atoms with Crippen LogP contribution in [0.4, 0.5) is 0 Å². The van der Waals surface area contributed by atoms with Crippen molar-refractivity contribution in [2.24, 2.45) is 5.92 Å². The molecule has 1 aromatic heterocycles. The van der Waals surface area contributed by atoms with E-state index in [9.17, 15) is 9.59 Å². The second kappa shape index (κ2) is 6.94. The topological polar surface area (TPSA) is 64.0 Å². The quantitative estimate of drug-likeness (QED) is 0.799. The van der Waals surface area contributed by atoms with Gasteiger partial charge in [-0.3, -0.25) is 9.59 Å². The molecule has 0 aliphatic heterocycles. The molecule has 23 heavy (non-hydrogen) atoms. The van der Waals surface area contributed by atoms with Crippen LogP contribution < -0.4 is 10.9 Å². The van der Waals surface area contributed by atoms with Gasteiger partial charge in [-0.05, 0) is 31.2 Å². The Bertz CT molecular complexity index is 762. The first-order valence-electron chi connectivity index (χ1n) is 8.48. The Hall–Kier alpha value is -2.17. The third-order valence-electron chi connectivity index (χ3n) is 4.30. The summed E-state index contributed by atoms with van der Waals surface area (Å²) >= 11 is 0. The van der Waals surface area contributed by atoms with Gasteiger partial charge >= 0.3 is 0 Å². The van der Waals surface area contributed by atoms with E-state index < -0.39 is 0 Å². The molecule has 5 nitrogen and oxygen atoms in total. The van der Waals surface area contributed by atoms with Crippen molar-refractivity contribution in [3.05, 3.63) is 40.3 Å². The van der Waals surface area contributed by atoms with Crippen molar-refractivity contribution < 1.29 is 4.79 Å². The average molecular weight is 313 g/mol. The van der Waals surface area contributed by atoms with Crippen molar-refractivity contribution >= 4 is 16.7 Å². The molecule has 1 fully saturated rings. The lowest BCUT2D eigenvalue weighted by molar-refractivity contribution is 0.0946. The van der Waals surface area contributed by atoms with Crippen molar-refractivity contribution in [2.45, 2.75) is 45.6 Å². The normalized spacial score (nSPS) is 14.1. The number of carbonyl (C=O) groups is 1. The number of benzene rings is 1. The van der Waals surface area contributed by atoms with Crippen molar-refractivity contribution in [3.8, 4) is 0 Å². The summed E-state index contributed by atoms with van der Waals surface area (Å²) < 4.78 is 1.45. The number of fused-ring (bicyclic) bond motifs is 1. The van der Waals surface area contributed by atoms with Crippen LogP contribution in [-0.2, 0) is 6.54 Å². The predicted octanol–water partition coefficient (Wildman–Crippen LogP) is 2.73. The molecule has 1 amide bonds. The first kappa shape index (κ1) is 15.7. The zero-order chi connectivity index (χ0) is 16.2. The molecule has 0 bridgehead atoms. The van der Waals surface area contributed by atoms with Gasteiger partial charge < -0.3 is 5.32 Å². The summed E-state index contributed by atoms with van der Waals surface area (Å²) in [4.78, 5) is 25.0. The maximum Gasteiger partial charge on any atom is 0.274 e. The molecule has 0 radical (unpaired) electrons. The number of aromatic nitrogens is 2. The number of nitrogens with zero attached hydrogens (tertiary/aromatic N) is 2. The number of nitrogens with one attached hydrogen (secondary N) is 1. The minimum atomic E-state index is -0.183. The minimum Gasteiger partial charge on any atom is -0.350 e. The molecule has 1 heterocycles. The van der Waals surface area contributed by atoms with Crippen LogP contribution in [0.25, 0.3) is 10.8 Å². The van der Waals surface area contributed by atoms with Crippen LogP contribution >= 0.6 is 0 Å². The predicted molar refractivity (Wildman–Crippen MR) is 90.6 cm³/mol. The van der Waals surface area contributed by atoms with E-state index in [0.717, 1.165) is 19.3 Å². The second-order valence-electron chi connectivity index (χ2n) is 6.28. The zero-order valence-corrected chi connectivity index (χ0v) is 13.5. The van der Waals surface area contributed by atoms with Crippen LogP contribution in [0.2, 0.25) is 0 Å². The smallest absolute Gasteiger partial charge is 0.274 e. The average Bonchev–Trinajstić information content (AvgIpc) is 3.39. The Labute approximate surface area is 135 Å². The van der Waals surface area contributed by atoms with Crippen molar-refractivity contribution in [2.75, 3.05) is 6.54 Å². The van der Waals surface area contributed by atoms with E-state index >= 15 is 0 Å². The Morgan fingerprint density at radius 1 is 1.26 bits per heavy atom. The molecule has 0 spiro atoms. The Kier molecular flexibility index (Phi) is 4.74. The van der Waals surface area contributed by atoms with Gasteiger partial charge in [-0.25, -0.2) is 4.68 Å². The van der Waals surface area contributed by atoms with Crippen LogP contribution in [-0.4, -0.2) is 22.2 Å². The molecule has 0 saturated heterocycles. The van der Waals surface area contributed by atoms with Crippen molar-refractivity contribution in [3.63, 3.8) is 0 Å². The van der Waals surface area contributed by atoms with Gasteiger partial charge in [-0.15, -0.1) is 0 Å². The second-order valence-corrected chi connectivity index (χ2v) is 6.28. The van der Waals surface area contributed by atoms with Gasteiger partial charge in [0.2, 0.25) is 0 Å². The SMILES string of the molecule is CCCCCn1nc(C(=O)NCC2CC2)c2ccccc2c1=O. The molecule has 3 rings (SSSR count). The highest BCUT2D eigenvalue weighted by atomic mass is 16.2. The zero-order valence-electron chi connectivity index (χ0n) is 13.5. The number of rotatable bonds is 7. The molecule has 1 N–H and O–H groups in total. The van der Waals surface area contributed by atoms with E-state index in [1.807, 2.05) is 12.1 Å². The number of carbonyl (C=O) groups excluding carboxylic acids is 1. The molecule has 2 aromatic rings. The van der Waals surface area contributed by atoms with Gasteiger partial charge in [0.05, 0.1) is 5.39 Å². The molecule has 5 heteroatoms. The maximum atomic E-state index is 12.5. The number of hydrogen-bond acceptors (Lipinski definition) is 3. The fourth-order valence-corrected chi connectivity index (χ4v) is 2.71. The highest BCUT2D eigenvalue weighted by Gasteiger charge is 2.23. The van der Waals surface area contributed by atoms with Gasteiger partial charge in [0.1, 0.15) is 0 Å². The standard InChI is InChI=1S/C18H23N3O2/c1-2-3-6-11-21-18(23)15-8-5-4-7-14(15)16(20-21)17(22)19-12-13-9-10-13/h4-5,7-8,13H,2-3,6,9-12H2,1H3,(H,19,22). The molecule has 0 unspecified atom stereocenters. The number of unbranched alkanes of at least 4 members (excludes halogenated alkanes) is 2. The lowest BCUT2D eigenvalue weighted by atomic mass is 10.1. The van der Waals surface area contributed by atoms with E-state index in [-0.39, 0.29) is 11.5 Å². The van der Waals surface area contributed by atoms with Crippen LogP contribution in [0.1, 0.15) is 49.5 Å². The number of amides is 1. The van der Waals surface area contributed by atoms with Gasteiger partial charge in [-0.2, -0.15) is 5.10 Å². The lowest BCUT2D eigenvalue weighted by Crippen LogP contribution is -2.31. The summed E-state index contributed by atoms with van der Waals surface area (Å²) in [5.74, 6) is 0.429. The van der Waals surface area contributed by atoms with E-state index in [1.165, 1.54) is 17.5 Å². The summed E-state index contributed by atoms with van der Waals surface area (Å²) in [6.45, 7) is 3.37. The maximum absolute atomic E-state index is 12.5. The fraction of sp³-hybridized carbons (Fsp3) is 0.500. The van der Waals surface area contributed by atoms with Gasteiger partial charge in [-0.1, -0.05) is 38.0 Å². The largest absolute Gasteiger partial charge is 0.350 e. The molecular weight excluding hydrogens is 290 g/mol. The highest BCUT2D eigenvalue weighted by Crippen LogP contribution is 2.27. The van der Waals surface area contributed by atoms with Crippen molar-refractivity contribution in [1.82, 2.24) is 15.1 Å². The van der Waals surface area contributed by atoms with Crippen LogP contribution in [0.3, 0.4) is 0 Å². The van der Waals surface area contributed by atoms with Crippen LogP contribution in [0, 0.1) is 5.92 Å². The molecule has 1 aliphatic carbocycles. The summed E-state index contributed by atoms with van der Waals surface area (Å²) in [5, 5.41) is 8.51. The Morgan fingerprint density at radius 3 is 2.70 bits per heavy atom. The summed E-state index contributed by atoms with van der Waals surface area (Å²) in [6.07, 6.45) is 5.39. The van der Waals surface area contributed by atoms with Crippen LogP contribution in [0.15, 0.2) is 29.1 Å². The lowest BCUT2D eigenvalue weighted by Gasteiger charge is -2.11. The van der Waals surface area contributed by atoms with Gasteiger partial charge in [0, 0.05) is 18.5 Å². The Balaban J connectivity index is 1.94. The van der Waals surface area contributed by atoms with E-state index in [4.69, 9.17) is 0 Å². The third-order valence-corrected chi connectivity index (χ3v) is 4.30. The monoisotopic (exact) mass is 313 g/mol. The van der Waals surface area contributed by atoms with E-state index in [1.54, 1.807) is 12.1 Å². The first-order chi connectivity index (χ1) is 11.2. The molecule has 1 saturated carbocycles. The number of aryl methyl sites for hydroxylation is 1. The van der Waals surface area contributed by atoms with Gasteiger partial charge in [0.15, 0.2) is 5.69 Å². The van der Waals surface area contributed by atoms with Crippen molar-refractivity contribution in [1.29, 1.82) is 0 Å². The molecule has 122 valence electrons. The first-order valence-corrected chi connectivity index (χ1v) is 8.48. The van der Waals surface area contributed by atoms with Gasteiger partial charge in [0.25, 0.3) is 11.5 Å². The molecular formula is C18H23N3O2. The van der Waals surface area contributed by atoms with E-state index in [0.29, 0.717) is 35.5 Å². The van der Waals surface area contributed by atoms with E-state index in [2.05, 4.69) is 17.3 Å². The third kappa shape index (κ3) is 3.60. The Morgan fingerprint density at radius 2 is 2.00 bits per heavy atom. The van der Waals surface area contributed by atoms with Crippen LogP contribution in [0.5, 0.6) is 0 Å². The summed E-state index contributed by atoms with van der Waals surface area (Å²) in [5.41, 5.74) is 0.243. The summed E-state index contributed by atoms with van der Waals surface area (Å²) in [6, 6.07) is 7.23. The molecule has 1 aliphatic rings. The number of hydrogen-bond donors (Lipinski definition) is 1. The molecule has 1 aromatic carbocycles. The summed E-state index contributed by atoms with van der Waals surface area (Å²) in [7, 11) is 0. The highest BCUT2D eigenvalue weighted by molar-refractivity contribution is 6.04. The molecule has 0 atom stereocenters. The fourth-order valence-electron chi connectivity index (χ4n) is 2.71.